The van der Waals surface area contributed by atoms with E-state index in [0.29, 0.717) is 11.3 Å². The second-order valence-electron chi connectivity index (χ2n) is 4.17. The second kappa shape index (κ2) is 4.12. The topological polar surface area (TPSA) is 28.7 Å². The third-order valence-electron chi connectivity index (χ3n) is 2.92. The van der Waals surface area contributed by atoms with Gasteiger partial charge in [-0.05, 0) is 10.8 Å². The van der Waals surface area contributed by atoms with Crippen molar-refractivity contribution in [3.63, 3.8) is 0 Å². The highest BCUT2D eigenvalue weighted by Gasteiger charge is 2.34. The highest BCUT2D eigenvalue weighted by molar-refractivity contribution is 5.95. The molecule has 2 nitrogen and oxygen atoms in total. The summed E-state index contributed by atoms with van der Waals surface area (Å²) in [6.45, 7) is 0. The first-order valence-electron chi connectivity index (χ1n) is 5.66. The molecule has 5 heteroatoms. The van der Waals surface area contributed by atoms with Crippen LogP contribution in [0.4, 0.5) is 13.2 Å². The third-order valence-corrected chi connectivity index (χ3v) is 2.92. The summed E-state index contributed by atoms with van der Waals surface area (Å²) < 4.78 is 37.6. The molecule has 0 fully saturated rings. The monoisotopic (exact) mass is 262 g/mol. The second-order valence-corrected chi connectivity index (χ2v) is 4.17. The van der Waals surface area contributed by atoms with E-state index in [9.17, 15) is 13.2 Å². The summed E-state index contributed by atoms with van der Waals surface area (Å²) in [7, 11) is 0. The number of alkyl halides is 3. The van der Waals surface area contributed by atoms with Crippen molar-refractivity contribution in [2.75, 3.05) is 0 Å². The zero-order chi connectivity index (χ0) is 13.5. The Morgan fingerprint density at radius 1 is 0.947 bits per heavy atom. The van der Waals surface area contributed by atoms with E-state index in [1.807, 2.05) is 36.4 Å². The lowest BCUT2D eigenvalue weighted by Gasteiger charge is -2.04. The lowest BCUT2D eigenvalue weighted by Crippen LogP contribution is -2.07. The van der Waals surface area contributed by atoms with E-state index in [4.69, 9.17) is 0 Å². The number of nitrogens with zero attached hydrogens (tertiary/aromatic N) is 1. The van der Waals surface area contributed by atoms with Crippen LogP contribution in [0.15, 0.2) is 48.7 Å². The SMILES string of the molecule is FC(F)(F)c1ncc(-c2cccc3ccccc23)[nH]1. The Kier molecular flexibility index (Phi) is 2.55. The standard InChI is InChI=1S/C14H9F3N2/c15-14(16,17)13-18-8-12(19-13)11-7-3-5-9-4-1-2-6-10(9)11/h1-8H,(H,18,19). The molecule has 96 valence electrons. The Morgan fingerprint density at radius 2 is 1.68 bits per heavy atom. The van der Waals surface area contributed by atoms with Crippen molar-refractivity contribution in [2.45, 2.75) is 6.18 Å². The molecule has 1 aromatic heterocycles. The first kappa shape index (κ1) is 11.8. The Bertz CT molecular complexity index is 723. The van der Waals surface area contributed by atoms with Gasteiger partial charge in [-0.15, -0.1) is 0 Å². The van der Waals surface area contributed by atoms with Gasteiger partial charge in [-0.2, -0.15) is 13.2 Å². The van der Waals surface area contributed by atoms with E-state index in [1.165, 1.54) is 6.20 Å². The van der Waals surface area contributed by atoms with E-state index < -0.39 is 12.0 Å². The maximum absolute atomic E-state index is 12.5. The number of nitrogens with one attached hydrogen (secondary N) is 1. The van der Waals surface area contributed by atoms with E-state index in [1.54, 1.807) is 6.07 Å². The molecule has 0 atom stereocenters. The van der Waals surface area contributed by atoms with Crippen molar-refractivity contribution >= 4 is 10.8 Å². The van der Waals surface area contributed by atoms with Crippen LogP contribution < -0.4 is 0 Å². The van der Waals surface area contributed by atoms with Gasteiger partial charge in [0, 0.05) is 5.56 Å². The van der Waals surface area contributed by atoms with Crippen LogP contribution in [0.1, 0.15) is 5.82 Å². The smallest absolute Gasteiger partial charge is 0.334 e. The summed E-state index contributed by atoms with van der Waals surface area (Å²) in [5.74, 6) is -0.976. The molecule has 0 aliphatic carbocycles. The van der Waals surface area contributed by atoms with Gasteiger partial charge in [0.15, 0.2) is 0 Å². The van der Waals surface area contributed by atoms with Crippen molar-refractivity contribution in [1.82, 2.24) is 9.97 Å². The normalized spacial score (nSPS) is 11.9. The van der Waals surface area contributed by atoms with Crippen molar-refractivity contribution in [2.24, 2.45) is 0 Å². The predicted molar refractivity (Wildman–Crippen MR) is 66.5 cm³/mol. The molecule has 3 aromatic rings. The van der Waals surface area contributed by atoms with Crippen LogP contribution in [0.2, 0.25) is 0 Å². The number of benzene rings is 2. The Labute approximate surface area is 106 Å². The number of hydrogen-bond donors (Lipinski definition) is 1. The fourth-order valence-corrected chi connectivity index (χ4v) is 2.06. The molecule has 0 saturated carbocycles. The largest absolute Gasteiger partial charge is 0.449 e. The number of hydrogen-bond acceptors (Lipinski definition) is 1. The zero-order valence-electron chi connectivity index (χ0n) is 9.70. The van der Waals surface area contributed by atoms with Gasteiger partial charge in [0.25, 0.3) is 0 Å². The van der Waals surface area contributed by atoms with Crippen LogP contribution in [0.25, 0.3) is 22.0 Å². The summed E-state index contributed by atoms with van der Waals surface area (Å²) >= 11 is 0. The molecule has 0 aliphatic heterocycles. The highest BCUT2D eigenvalue weighted by Crippen LogP contribution is 2.31. The van der Waals surface area contributed by atoms with E-state index in [-0.39, 0.29) is 0 Å². The molecular weight excluding hydrogens is 253 g/mol. The molecule has 1 N–H and O–H groups in total. The van der Waals surface area contributed by atoms with Crippen LogP contribution in [-0.4, -0.2) is 9.97 Å². The van der Waals surface area contributed by atoms with Crippen LogP contribution in [0.3, 0.4) is 0 Å². The van der Waals surface area contributed by atoms with Crippen molar-refractivity contribution in [3.8, 4) is 11.3 Å². The van der Waals surface area contributed by atoms with Gasteiger partial charge in [0.1, 0.15) is 0 Å². The Balaban J connectivity index is 2.17. The molecule has 0 aliphatic rings. The fraction of sp³-hybridized carbons (Fsp3) is 0.0714. The molecule has 3 rings (SSSR count). The predicted octanol–water partition coefficient (Wildman–Crippen LogP) is 4.25. The van der Waals surface area contributed by atoms with Gasteiger partial charge in [0.05, 0.1) is 11.9 Å². The van der Waals surface area contributed by atoms with Crippen molar-refractivity contribution < 1.29 is 13.2 Å². The number of H-pyrrole nitrogens is 1. The highest BCUT2D eigenvalue weighted by atomic mass is 19.4. The molecule has 0 amide bonds. The molecule has 0 radical (unpaired) electrons. The summed E-state index contributed by atoms with van der Waals surface area (Å²) in [6, 6.07) is 13.0. The van der Waals surface area contributed by atoms with E-state index in [2.05, 4.69) is 9.97 Å². The number of aromatic nitrogens is 2. The number of aromatic amines is 1. The fourth-order valence-electron chi connectivity index (χ4n) is 2.06. The minimum Gasteiger partial charge on any atom is -0.334 e. The number of rotatable bonds is 1. The molecule has 19 heavy (non-hydrogen) atoms. The minimum absolute atomic E-state index is 0.365. The quantitative estimate of drug-likeness (QED) is 0.697. The van der Waals surface area contributed by atoms with Gasteiger partial charge in [-0.3, -0.25) is 0 Å². The lowest BCUT2D eigenvalue weighted by molar-refractivity contribution is -0.144. The van der Waals surface area contributed by atoms with E-state index >= 15 is 0 Å². The van der Waals surface area contributed by atoms with Crippen LogP contribution >= 0.6 is 0 Å². The summed E-state index contributed by atoms with van der Waals surface area (Å²) in [5, 5.41) is 1.87. The Hall–Kier alpha value is -2.30. The summed E-state index contributed by atoms with van der Waals surface area (Å²) in [4.78, 5) is 5.72. The first-order chi connectivity index (χ1) is 9.05. The van der Waals surface area contributed by atoms with Crippen LogP contribution in [-0.2, 0) is 6.18 Å². The van der Waals surface area contributed by atoms with Gasteiger partial charge >= 0.3 is 6.18 Å². The molecule has 0 bridgehead atoms. The summed E-state index contributed by atoms with van der Waals surface area (Å²) in [6.07, 6.45) is -3.24. The maximum atomic E-state index is 12.5. The lowest BCUT2D eigenvalue weighted by atomic mass is 10.0. The molecule has 0 unspecified atom stereocenters. The number of imidazole rings is 1. The van der Waals surface area contributed by atoms with Gasteiger partial charge in [-0.1, -0.05) is 42.5 Å². The zero-order valence-corrected chi connectivity index (χ0v) is 9.70. The molecule has 1 heterocycles. The molecule has 2 aromatic carbocycles. The molecule has 0 saturated heterocycles. The minimum atomic E-state index is -4.46. The van der Waals surface area contributed by atoms with Gasteiger partial charge in [-0.25, -0.2) is 4.98 Å². The number of halogens is 3. The Morgan fingerprint density at radius 3 is 2.42 bits per heavy atom. The average Bonchev–Trinajstić information content (AvgIpc) is 2.87. The van der Waals surface area contributed by atoms with E-state index in [0.717, 1.165) is 10.8 Å². The van der Waals surface area contributed by atoms with Crippen LogP contribution in [0.5, 0.6) is 0 Å². The maximum Gasteiger partial charge on any atom is 0.449 e. The van der Waals surface area contributed by atoms with Gasteiger partial charge < -0.3 is 4.98 Å². The van der Waals surface area contributed by atoms with Crippen molar-refractivity contribution in [3.05, 3.63) is 54.5 Å². The molecule has 0 spiro atoms. The molecular formula is C14H9F3N2. The average molecular weight is 262 g/mol. The number of fused-ring (bicyclic) bond motifs is 1. The van der Waals surface area contributed by atoms with Gasteiger partial charge in [0.2, 0.25) is 5.82 Å². The third kappa shape index (κ3) is 2.07. The van der Waals surface area contributed by atoms with Crippen molar-refractivity contribution in [1.29, 1.82) is 0 Å². The van der Waals surface area contributed by atoms with Crippen LogP contribution in [0, 0.1) is 0 Å². The first-order valence-corrected chi connectivity index (χ1v) is 5.66. The summed E-state index contributed by atoms with van der Waals surface area (Å²) in [5.41, 5.74) is 1.07.